The molecule has 1 unspecified atom stereocenters. The maximum Gasteiger partial charge on any atom is 0.188 e. The molecule has 1 aromatic rings. The van der Waals surface area contributed by atoms with Crippen LogP contribution in [0, 0.1) is 0 Å². The summed E-state index contributed by atoms with van der Waals surface area (Å²) in [5.41, 5.74) is 6.91. The molecule has 0 fully saturated rings. The number of benzene rings is 1. The summed E-state index contributed by atoms with van der Waals surface area (Å²) in [5.74, 6) is 1.46. The van der Waals surface area contributed by atoms with E-state index in [1.807, 2.05) is 25.1 Å². The lowest BCUT2D eigenvalue weighted by molar-refractivity contribution is 0.242. The van der Waals surface area contributed by atoms with Crippen molar-refractivity contribution in [3.05, 3.63) is 29.8 Å². The highest BCUT2D eigenvalue weighted by molar-refractivity contribution is 5.77. The van der Waals surface area contributed by atoms with E-state index in [0.29, 0.717) is 12.5 Å². The van der Waals surface area contributed by atoms with Gasteiger partial charge in [-0.05, 0) is 18.6 Å². The maximum atomic E-state index is 5.75. The number of fused-ring (bicyclic) bond motifs is 1. The number of hydrogen-bond acceptors (Lipinski definition) is 2. The zero-order valence-corrected chi connectivity index (χ0v) is 9.44. The van der Waals surface area contributed by atoms with Crippen molar-refractivity contribution in [1.82, 2.24) is 5.32 Å². The van der Waals surface area contributed by atoms with Crippen molar-refractivity contribution in [2.75, 3.05) is 13.1 Å². The van der Waals surface area contributed by atoms with Crippen molar-refractivity contribution < 1.29 is 4.74 Å². The minimum absolute atomic E-state index is 0.120. The number of nitrogens with zero attached hydrogens (tertiary/aromatic N) is 1. The zero-order valence-electron chi connectivity index (χ0n) is 9.44. The van der Waals surface area contributed by atoms with Crippen LogP contribution in [0.15, 0.2) is 29.3 Å². The number of para-hydroxylation sites is 1. The number of nitrogens with two attached hydrogens (primary N) is 1. The molecule has 4 heteroatoms. The molecule has 0 spiro atoms. The van der Waals surface area contributed by atoms with E-state index in [4.69, 9.17) is 10.5 Å². The van der Waals surface area contributed by atoms with Crippen molar-refractivity contribution in [1.29, 1.82) is 0 Å². The zero-order chi connectivity index (χ0) is 11.4. The maximum absolute atomic E-state index is 5.75. The number of rotatable bonds is 3. The topological polar surface area (TPSA) is 59.6 Å². The molecule has 4 nitrogen and oxygen atoms in total. The van der Waals surface area contributed by atoms with Gasteiger partial charge in [0.15, 0.2) is 5.96 Å². The highest BCUT2D eigenvalue weighted by Gasteiger charge is 2.21. The summed E-state index contributed by atoms with van der Waals surface area (Å²) in [5, 5.41) is 2.96. The molecule has 0 saturated heterocycles. The van der Waals surface area contributed by atoms with Crippen LogP contribution in [-0.2, 0) is 6.42 Å². The van der Waals surface area contributed by atoms with E-state index >= 15 is 0 Å². The third kappa shape index (κ3) is 2.45. The first-order chi connectivity index (χ1) is 7.79. The van der Waals surface area contributed by atoms with Crippen molar-refractivity contribution in [3.8, 4) is 5.75 Å². The minimum Gasteiger partial charge on any atom is -0.488 e. The molecule has 0 aliphatic carbocycles. The number of nitrogens with one attached hydrogen (secondary N) is 1. The van der Waals surface area contributed by atoms with E-state index in [9.17, 15) is 0 Å². The van der Waals surface area contributed by atoms with Crippen LogP contribution in [0.4, 0.5) is 0 Å². The number of guanidine groups is 1. The van der Waals surface area contributed by atoms with Gasteiger partial charge in [-0.25, -0.2) is 4.99 Å². The second-order valence-electron chi connectivity index (χ2n) is 3.81. The Hall–Kier alpha value is -1.71. The minimum atomic E-state index is 0.120. The van der Waals surface area contributed by atoms with Crippen LogP contribution in [0.3, 0.4) is 0 Å². The van der Waals surface area contributed by atoms with Gasteiger partial charge in [0.1, 0.15) is 11.9 Å². The SMILES string of the molecule is CCNC(N)=NCC1Cc2ccccc2O1. The van der Waals surface area contributed by atoms with Gasteiger partial charge in [0, 0.05) is 13.0 Å². The summed E-state index contributed by atoms with van der Waals surface area (Å²) >= 11 is 0. The van der Waals surface area contributed by atoms with Crippen LogP contribution in [0.25, 0.3) is 0 Å². The normalized spacial score (nSPS) is 19.1. The van der Waals surface area contributed by atoms with Crippen molar-refractivity contribution >= 4 is 5.96 Å². The van der Waals surface area contributed by atoms with Gasteiger partial charge in [0.25, 0.3) is 0 Å². The Morgan fingerprint density at radius 3 is 3.12 bits per heavy atom. The third-order valence-electron chi connectivity index (χ3n) is 2.54. The average Bonchev–Trinajstić information content (AvgIpc) is 2.69. The van der Waals surface area contributed by atoms with Gasteiger partial charge in [-0.1, -0.05) is 18.2 Å². The van der Waals surface area contributed by atoms with Gasteiger partial charge in [-0.2, -0.15) is 0 Å². The Labute approximate surface area is 95.5 Å². The van der Waals surface area contributed by atoms with E-state index in [0.717, 1.165) is 18.7 Å². The molecule has 0 aromatic heterocycles. The van der Waals surface area contributed by atoms with E-state index < -0.39 is 0 Å². The molecule has 1 atom stereocenters. The largest absolute Gasteiger partial charge is 0.488 e. The fraction of sp³-hybridized carbons (Fsp3) is 0.417. The number of aliphatic imine (C=N–C) groups is 1. The molecule has 16 heavy (non-hydrogen) atoms. The van der Waals surface area contributed by atoms with Gasteiger partial charge in [-0.15, -0.1) is 0 Å². The van der Waals surface area contributed by atoms with Crippen molar-refractivity contribution in [2.24, 2.45) is 10.7 Å². The average molecular weight is 219 g/mol. The van der Waals surface area contributed by atoms with Gasteiger partial charge < -0.3 is 15.8 Å². The lowest BCUT2D eigenvalue weighted by Gasteiger charge is -2.08. The summed E-state index contributed by atoms with van der Waals surface area (Å²) < 4.78 is 5.75. The van der Waals surface area contributed by atoms with Crippen molar-refractivity contribution in [3.63, 3.8) is 0 Å². The molecule has 0 amide bonds. The molecule has 1 heterocycles. The number of hydrogen-bond donors (Lipinski definition) is 2. The quantitative estimate of drug-likeness (QED) is 0.587. The fourth-order valence-corrected chi connectivity index (χ4v) is 1.79. The molecular formula is C12H17N3O. The Morgan fingerprint density at radius 2 is 2.38 bits per heavy atom. The van der Waals surface area contributed by atoms with Crippen molar-refractivity contribution in [2.45, 2.75) is 19.4 Å². The summed E-state index contributed by atoms with van der Waals surface area (Å²) in [6.45, 7) is 3.39. The molecule has 1 aliphatic rings. The number of ether oxygens (including phenoxy) is 1. The Bertz CT molecular complexity index is 365. The summed E-state index contributed by atoms with van der Waals surface area (Å²) in [6, 6.07) is 8.09. The van der Waals surface area contributed by atoms with E-state index in [-0.39, 0.29) is 6.10 Å². The summed E-state index contributed by atoms with van der Waals surface area (Å²) in [6.07, 6.45) is 1.04. The van der Waals surface area contributed by atoms with Crippen LogP contribution >= 0.6 is 0 Å². The van der Waals surface area contributed by atoms with E-state index in [2.05, 4.69) is 16.4 Å². The fourth-order valence-electron chi connectivity index (χ4n) is 1.79. The molecular weight excluding hydrogens is 202 g/mol. The van der Waals surface area contributed by atoms with Crippen LogP contribution in [0.1, 0.15) is 12.5 Å². The highest BCUT2D eigenvalue weighted by Crippen LogP contribution is 2.27. The summed E-state index contributed by atoms with van der Waals surface area (Å²) in [7, 11) is 0. The van der Waals surface area contributed by atoms with Gasteiger partial charge in [0.05, 0.1) is 6.54 Å². The van der Waals surface area contributed by atoms with Gasteiger partial charge >= 0.3 is 0 Å². The van der Waals surface area contributed by atoms with E-state index in [1.165, 1.54) is 5.56 Å². The second-order valence-corrected chi connectivity index (χ2v) is 3.81. The first kappa shape index (κ1) is 10.8. The monoisotopic (exact) mass is 219 g/mol. The molecule has 1 aromatic carbocycles. The molecule has 0 saturated carbocycles. The first-order valence-electron chi connectivity index (χ1n) is 5.58. The predicted molar refractivity (Wildman–Crippen MR) is 64.7 cm³/mol. The standard InChI is InChI=1S/C12H17N3O/c1-2-14-12(13)15-8-10-7-9-5-3-4-6-11(9)16-10/h3-6,10H,2,7-8H2,1H3,(H3,13,14,15). The predicted octanol–water partition coefficient (Wildman–Crippen LogP) is 0.914. The second kappa shape index (κ2) is 4.88. The van der Waals surface area contributed by atoms with E-state index in [1.54, 1.807) is 0 Å². The lowest BCUT2D eigenvalue weighted by Crippen LogP contribution is -2.32. The Balaban J connectivity index is 1.90. The molecule has 0 bridgehead atoms. The van der Waals surface area contributed by atoms with Gasteiger partial charge in [0.2, 0.25) is 0 Å². The molecule has 0 radical (unpaired) electrons. The third-order valence-corrected chi connectivity index (χ3v) is 2.54. The van der Waals surface area contributed by atoms with Crippen LogP contribution in [0.5, 0.6) is 5.75 Å². The van der Waals surface area contributed by atoms with Gasteiger partial charge in [-0.3, -0.25) is 0 Å². The van der Waals surface area contributed by atoms with Crippen LogP contribution in [-0.4, -0.2) is 25.2 Å². The Morgan fingerprint density at radius 1 is 1.56 bits per heavy atom. The Kier molecular flexibility index (Phi) is 3.29. The lowest BCUT2D eigenvalue weighted by atomic mass is 10.1. The highest BCUT2D eigenvalue weighted by atomic mass is 16.5. The van der Waals surface area contributed by atoms with Crippen LogP contribution < -0.4 is 15.8 Å². The van der Waals surface area contributed by atoms with Crippen LogP contribution in [0.2, 0.25) is 0 Å². The molecule has 2 rings (SSSR count). The summed E-state index contributed by atoms with van der Waals surface area (Å²) in [4.78, 5) is 4.24. The molecule has 3 N–H and O–H groups in total. The smallest absolute Gasteiger partial charge is 0.188 e. The first-order valence-corrected chi connectivity index (χ1v) is 5.58. The molecule has 86 valence electrons. The molecule has 1 aliphatic heterocycles.